The minimum atomic E-state index is 0. The van der Waals surface area contributed by atoms with Gasteiger partial charge in [-0.2, -0.15) is 0 Å². The Balaban J connectivity index is -0.00000000167. The Kier molecular flexibility index (Phi) is 151. The monoisotopic (exact) mass is 324 g/mol. The zero-order valence-corrected chi connectivity index (χ0v) is 11.0. The predicted octanol–water partition coefficient (Wildman–Crippen LogP) is -0.0123. The van der Waals surface area contributed by atoms with E-state index in [1.54, 1.807) is 0 Å². The first-order valence-electron chi connectivity index (χ1n) is 0.167. The van der Waals surface area contributed by atoms with E-state index in [2.05, 4.69) is 23.3 Å². The van der Waals surface area contributed by atoms with Crippen molar-refractivity contribution in [3.63, 3.8) is 0 Å². The standard InChI is InChI=1S/2Mo.S2.Zn/c;;1-2;/q;;-2;. The van der Waals surface area contributed by atoms with Crippen molar-refractivity contribution in [1.29, 1.82) is 0 Å². The van der Waals surface area contributed by atoms with Crippen LogP contribution in [-0.2, 0) is 84.9 Å². The molecule has 5 heavy (non-hydrogen) atoms. The normalized spacial score (nSPS) is 1.20. The van der Waals surface area contributed by atoms with E-state index in [9.17, 15) is 0 Å². The average molecular weight is 321 g/mol. The molecule has 28 valence electrons. The first-order chi connectivity index (χ1) is 1.00. The molecule has 0 radical (unpaired) electrons. The van der Waals surface area contributed by atoms with E-state index in [0.717, 1.165) is 0 Å². The molecule has 0 bridgehead atoms. The molecule has 0 aliphatic heterocycles. The Morgan fingerprint density at radius 2 is 0.800 bits per heavy atom. The molecule has 0 saturated carbocycles. The maximum absolute atomic E-state index is 3.67. The van der Waals surface area contributed by atoms with Crippen LogP contribution in [0.3, 0.4) is 0 Å². The fraction of sp³-hybridized carbons (Fsp3) is 0. The molecule has 0 nitrogen and oxygen atoms in total. The third kappa shape index (κ3) is 20.3. The molecule has 0 rings (SSSR count). The van der Waals surface area contributed by atoms with Crippen LogP contribution in [-0.4, -0.2) is 0 Å². The topological polar surface area (TPSA) is 0 Å². The summed E-state index contributed by atoms with van der Waals surface area (Å²) in [6.07, 6.45) is 0. The Bertz CT molecular complexity index is 7.61. The second kappa shape index (κ2) is 29.9. The van der Waals surface area contributed by atoms with Crippen molar-refractivity contribution in [2.75, 3.05) is 0 Å². The molecule has 0 amide bonds. The van der Waals surface area contributed by atoms with Crippen molar-refractivity contribution in [2.24, 2.45) is 0 Å². The molecule has 0 N–H and O–H groups in total. The summed E-state index contributed by atoms with van der Waals surface area (Å²) < 4.78 is 0. The van der Waals surface area contributed by atoms with Gasteiger partial charge in [0, 0.05) is 61.6 Å². The summed E-state index contributed by atoms with van der Waals surface area (Å²) in [6.45, 7) is 0. The van der Waals surface area contributed by atoms with Crippen LogP contribution in [0.2, 0.25) is 0 Å². The van der Waals surface area contributed by atoms with Crippen molar-refractivity contribution >= 4 is 23.3 Å². The smallest absolute Gasteiger partial charge is 0 e. The van der Waals surface area contributed by atoms with Crippen LogP contribution in [0.5, 0.6) is 0 Å². The summed E-state index contributed by atoms with van der Waals surface area (Å²) in [5, 5.41) is 0. The van der Waals surface area contributed by atoms with E-state index in [-0.39, 0.29) is 61.6 Å². The van der Waals surface area contributed by atoms with Crippen molar-refractivity contribution in [2.45, 2.75) is 0 Å². The summed E-state index contributed by atoms with van der Waals surface area (Å²) in [7, 11) is 0. The van der Waals surface area contributed by atoms with Crippen LogP contribution in [0.25, 0.3) is 0 Å². The molecular formula is Mo2S2Zn-2. The zero-order valence-electron chi connectivity index (χ0n) is 2.34. The van der Waals surface area contributed by atoms with E-state index >= 15 is 0 Å². The summed E-state index contributed by atoms with van der Waals surface area (Å²) in [6, 6.07) is 0. The van der Waals surface area contributed by atoms with Gasteiger partial charge in [0.25, 0.3) is 0 Å². The average Bonchev–Trinajstić information content (AvgIpc) is 1.00. The van der Waals surface area contributed by atoms with Crippen LogP contribution < -0.4 is 0 Å². The van der Waals surface area contributed by atoms with Crippen molar-refractivity contribution < 1.29 is 61.6 Å². The fourth-order valence-electron chi connectivity index (χ4n) is 0. The summed E-state index contributed by atoms with van der Waals surface area (Å²) in [5.74, 6) is 0. The molecule has 0 aliphatic carbocycles. The van der Waals surface area contributed by atoms with Gasteiger partial charge in [0.2, 0.25) is 0 Å². The van der Waals surface area contributed by atoms with Crippen LogP contribution >= 0.6 is 0 Å². The minimum Gasteiger partial charge on any atom is -1.00 e. The van der Waals surface area contributed by atoms with Gasteiger partial charge < -0.3 is 23.3 Å². The summed E-state index contributed by atoms with van der Waals surface area (Å²) >= 11 is 7.33. The third-order valence-corrected chi connectivity index (χ3v) is 0. The fourth-order valence-corrected chi connectivity index (χ4v) is 0. The van der Waals surface area contributed by atoms with E-state index in [0.29, 0.717) is 0 Å². The van der Waals surface area contributed by atoms with Gasteiger partial charge in [0.15, 0.2) is 0 Å². The molecule has 0 aromatic heterocycles. The molecule has 0 aromatic carbocycles. The molecule has 0 aromatic rings. The van der Waals surface area contributed by atoms with Crippen LogP contribution in [0.1, 0.15) is 0 Å². The van der Waals surface area contributed by atoms with Crippen LogP contribution in [0.4, 0.5) is 0 Å². The molecule has 0 aliphatic rings. The van der Waals surface area contributed by atoms with Crippen LogP contribution in [0, 0.1) is 0 Å². The maximum Gasteiger partial charge on any atom is 0 e. The summed E-state index contributed by atoms with van der Waals surface area (Å²) in [4.78, 5) is 0. The SMILES string of the molecule is [Mo].[Mo].[S-][S-].[Zn]. The Morgan fingerprint density at radius 1 is 0.800 bits per heavy atom. The largest absolute Gasteiger partial charge is 1.00 e. The van der Waals surface area contributed by atoms with Gasteiger partial charge >= 0.3 is 0 Å². The first-order valence-corrected chi connectivity index (χ1v) is 1.50. The quantitative estimate of drug-likeness (QED) is 0.350. The van der Waals surface area contributed by atoms with Gasteiger partial charge in [-0.25, -0.2) is 0 Å². The van der Waals surface area contributed by atoms with Crippen molar-refractivity contribution in [1.82, 2.24) is 0 Å². The second-order valence-corrected chi connectivity index (χ2v) is 0. The number of hydrogen-bond acceptors (Lipinski definition) is 2. The zero-order chi connectivity index (χ0) is 2.00. The Labute approximate surface area is 83.7 Å². The van der Waals surface area contributed by atoms with E-state index < -0.39 is 0 Å². The third-order valence-electron chi connectivity index (χ3n) is 0. The molecule has 0 heterocycles. The minimum absolute atomic E-state index is 0. The molecule has 0 unspecified atom stereocenters. The van der Waals surface area contributed by atoms with Gasteiger partial charge in [-0.05, 0) is 0 Å². The molecule has 0 spiro atoms. The molecule has 0 fully saturated rings. The van der Waals surface area contributed by atoms with Gasteiger partial charge in [-0.3, -0.25) is 0 Å². The Morgan fingerprint density at radius 3 is 0.800 bits per heavy atom. The molecule has 5 heteroatoms. The van der Waals surface area contributed by atoms with E-state index in [1.807, 2.05) is 0 Å². The Hall–Kier alpha value is 2.70. The van der Waals surface area contributed by atoms with Gasteiger partial charge in [-0.15, -0.1) is 0 Å². The maximum atomic E-state index is 3.67. The first kappa shape index (κ1) is 25.2. The van der Waals surface area contributed by atoms with Crippen molar-refractivity contribution in [3.8, 4) is 0 Å². The second-order valence-electron chi connectivity index (χ2n) is 0. The molecule has 0 saturated heterocycles. The van der Waals surface area contributed by atoms with Gasteiger partial charge in [0.05, 0.1) is 0 Å². The van der Waals surface area contributed by atoms with Crippen LogP contribution in [0.15, 0.2) is 0 Å². The molecular weight excluding hydrogens is 321 g/mol. The van der Waals surface area contributed by atoms with E-state index in [1.165, 1.54) is 0 Å². The van der Waals surface area contributed by atoms with Gasteiger partial charge in [-0.1, -0.05) is 0 Å². The van der Waals surface area contributed by atoms with Crippen molar-refractivity contribution in [3.05, 3.63) is 0 Å². The number of rotatable bonds is 0. The predicted molar refractivity (Wildman–Crippen MR) is 14.7 cm³/mol. The molecule has 0 atom stereocenters. The number of hydrogen-bond donors (Lipinski definition) is 0. The summed E-state index contributed by atoms with van der Waals surface area (Å²) in [5.41, 5.74) is 0. The van der Waals surface area contributed by atoms with E-state index in [4.69, 9.17) is 0 Å². The van der Waals surface area contributed by atoms with Gasteiger partial charge in [0.1, 0.15) is 0 Å².